The lowest BCUT2D eigenvalue weighted by Gasteiger charge is -2.33. The Morgan fingerprint density at radius 1 is 1.21 bits per heavy atom. The summed E-state index contributed by atoms with van der Waals surface area (Å²) in [5, 5.41) is 2.92. The Balaban J connectivity index is 1.60. The van der Waals surface area contributed by atoms with Crippen LogP contribution in [0.4, 0.5) is 16.2 Å². The largest absolute Gasteiger partial charge is 0.479 e. The maximum atomic E-state index is 12.7. The smallest absolute Gasteiger partial charge is 0.410 e. The monoisotopic (exact) mass is 389 g/mol. The molecular weight excluding hydrogens is 362 g/mol. The number of rotatable bonds is 2. The average molecular weight is 389 g/mol. The average Bonchev–Trinajstić information content (AvgIpc) is 2.64. The summed E-state index contributed by atoms with van der Waals surface area (Å²) in [7, 11) is 1.68. The topological polar surface area (TPSA) is 88.2 Å². The highest BCUT2D eigenvalue weighted by molar-refractivity contribution is 6.01. The highest BCUT2D eigenvalue weighted by Gasteiger charge is 2.31. The van der Waals surface area contributed by atoms with Crippen LogP contribution in [0.2, 0.25) is 0 Å². The Morgan fingerprint density at radius 3 is 2.54 bits per heavy atom. The van der Waals surface area contributed by atoms with Gasteiger partial charge in [-0.15, -0.1) is 0 Å². The third-order valence-corrected chi connectivity index (χ3v) is 4.84. The number of para-hydroxylation sites is 1. The number of nitrogens with zero attached hydrogens (tertiary/aromatic N) is 2. The molecule has 0 atom stereocenters. The van der Waals surface area contributed by atoms with Gasteiger partial charge in [-0.3, -0.25) is 9.59 Å². The number of likely N-dealkylation sites (N-methyl/N-ethyl adjacent to an activating group) is 1. The molecule has 152 valence electrons. The number of carbonyl (C=O) groups is 3. The second-order valence-corrected chi connectivity index (χ2v) is 8.13. The third kappa shape index (κ3) is 4.37. The molecule has 0 saturated carbocycles. The summed E-state index contributed by atoms with van der Waals surface area (Å²) in [6.07, 6.45) is 0.795. The number of nitrogens with one attached hydrogen (secondary N) is 1. The van der Waals surface area contributed by atoms with Gasteiger partial charge in [-0.25, -0.2) is 4.79 Å². The van der Waals surface area contributed by atoms with Gasteiger partial charge < -0.3 is 24.6 Å². The van der Waals surface area contributed by atoms with E-state index in [1.54, 1.807) is 30.1 Å². The minimum atomic E-state index is -0.535. The van der Waals surface area contributed by atoms with E-state index >= 15 is 0 Å². The number of anilines is 2. The first kappa shape index (κ1) is 20.0. The van der Waals surface area contributed by atoms with Crippen LogP contribution in [0.3, 0.4) is 0 Å². The van der Waals surface area contributed by atoms with Crippen LogP contribution in [0.25, 0.3) is 0 Å². The molecule has 1 N–H and O–H groups in total. The van der Waals surface area contributed by atoms with Gasteiger partial charge in [-0.2, -0.15) is 0 Å². The van der Waals surface area contributed by atoms with Gasteiger partial charge in [-0.1, -0.05) is 6.07 Å². The molecule has 1 aromatic rings. The second-order valence-electron chi connectivity index (χ2n) is 8.13. The third-order valence-electron chi connectivity index (χ3n) is 4.84. The van der Waals surface area contributed by atoms with Crippen LogP contribution >= 0.6 is 0 Å². The van der Waals surface area contributed by atoms with Gasteiger partial charge in [0.25, 0.3) is 5.91 Å². The molecule has 3 rings (SSSR count). The van der Waals surface area contributed by atoms with E-state index in [9.17, 15) is 14.4 Å². The highest BCUT2D eigenvalue weighted by atomic mass is 16.6. The van der Waals surface area contributed by atoms with Crippen LogP contribution in [0.5, 0.6) is 5.75 Å². The zero-order valence-electron chi connectivity index (χ0n) is 16.8. The first-order chi connectivity index (χ1) is 13.2. The Kier molecular flexibility index (Phi) is 5.49. The number of likely N-dealkylation sites (tertiary alicyclic amines) is 1. The number of hydrogen-bond acceptors (Lipinski definition) is 5. The van der Waals surface area contributed by atoms with E-state index < -0.39 is 5.60 Å². The van der Waals surface area contributed by atoms with Crippen LogP contribution in [0, 0.1) is 5.92 Å². The molecule has 2 aliphatic rings. The van der Waals surface area contributed by atoms with E-state index in [1.165, 1.54) is 4.90 Å². The van der Waals surface area contributed by atoms with Crippen LogP contribution in [-0.2, 0) is 14.3 Å². The molecule has 1 saturated heterocycles. The molecule has 8 nitrogen and oxygen atoms in total. The molecule has 0 unspecified atom stereocenters. The minimum absolute atomic E-state index is 0.0509. The quantitative estimate of drug-likeness (QED) is 0.840. The summed E-state index contributed by atoms with van der Waals surface area (Å²) < 4.78 is 10.9. The minimum Gasteiger partial charge on any atom is -0.479 e. The molecule has 2 heterocycles. The van der Waals surface area contributed by atoms with Crippen LogP contribution in [0.1, 0.15) is 33.6 Å². The molecule has 0 aromatic heterocycles. The molecule has 1 aromatic carbocycles. The van der Waals surface area contributed by atoms with Crippen molar-refractivity contribution in [2.24, 2.45) is 5.92 Å². The van der Waals surface area contributed by atoms with E-state index in [0.29, 0.717) is 43.1 Å². The summed E-state index contributed by atoms with van der Waals surface area (Å²) >= 11 is 0. The summed E-state index contributed by atoms with van der Waals surface area (Å²) in [5.74, 6) is 0.0625. The number of fused-ring (bicyclic) bond motifs is 1. The molecular formula is C20H27N3O5. The van der Waals surface area contributed by atoms with Gasteiger partial charge in [0, 0.05) is 26.1 Å². The lowest BCUT2D eigenvalue weighted by atomic mass is 9.96. The van der Waals surface area contributed by atoms with E-state index in [2.05, 4.69) is 5.32 Å². The number of hydrogen-bond donors (Lipinski definition) is 1. The van der Waals surface area contributed by atoms with E-state index in [0.717, 1.165) is 0 Å². The fraction of sp³-hybridized carbons (Fsp3) is 0.550. The lowest BCUT2D eigenvalue weighted by molar-refractivity contribution is -0.121. The highest BCUT2D eigenvalue weighted by Crippen LogP contribution is 2.38. The number of carbonyl (C=O) groups excluding carboxylic acids is 3. The maximum Gasteiger partial charge on any atom is 0.410 e. The molecule has 0 aliphatic carbocycles. The number of benzene rings is 1. The Labute approximate surface area is 164 Å². The van der Waals surface area contributed by atoms with Crippen molar-refractivity contribution in [2.75, 3.05) is 37.0 Å². The van der Waals surface area contributed by atoms with Gasteiger partial charge in [0.05, 0.1) is 11.4 Å². The number of piperidine rings is 1. The Bertz CT molecular complexity index is 779. The Hall–Kier alpha value is -2.77. The molecule has 0 spiro atoms. The van der Waals surface area contributed by atoms with Crippen molar-refractivity contribution in [3.05, 3.63) is 18.2 Å². The van der Waals surface area contributed by atoms with Crippen LogP contribution in [-0.4, -0.2) is 55.2 Å². The second kappa shape index (κ2) is 7.69. The van der Waals surface area contributed by atoms with Crippen LogP contribution < -0.4 is 15.0 Å². The number of amides is 3. The van der Waals surface area contributed by atoms with E-state index in [4.69, 9.17) is 9.47 Å². The lowest BCUT2D eigenvalue weighted by Crippen LogP contribution is -2.43. The van der Waals surface area contributed by atoms with Crippen molar-refractivity contribution in [2.45, 2.75) is 39.2 Å². The fourth-order valence-electron chi connectivity index (χ4n) is 3.29. The van der Waals surface area contributed by atoms with Crippen molar-refractivity contribution < 1.29 is 23.9 Å². The molecule has 28 heavy (non-hydrogen) atoms. The predicted octanol–water partition coefficient (Wildman–Crippen LogP) is 2.63. The van der Waals surface area contributed by atoms with Gasteiger partial charge in [0.15, 0.2) is 12.4 Å². The standard InChI is InChI=1S/C20H27N3O5/c1-20(2,3)28-19(26)23-10-8-13(9-11-23)18(25)21-14-6-5-7-15-17(14)27-12-16(24)22(15)4/h5-7,13H,8-12H2,1-4H3,(H,21,25). The van der Waals surface area contributed by atoms with Crippen LogP contribution in [0.15, 0.2) is 18.2 Å². The van der Waals surface area contributed by atoms with Gasteiger partial charge in [0.2, 0.25) is 5.91 Å². The van der Waals surface area contributed by atoms with Crippen molar-refractivity contribution in [1.82, 2.24) is 4.90 Å². The van der Waals surface area contributed by atoms with Crippen molar-refractivity contribution in [3.8, 4) is 5.75 Å². The molecule has 0 radical (unpaired) electrons. The van der Waals surface area contributed by atoms with Gasteiger partial charge >= 0.3 is 6.09 Å². The predicted molar refractivity (Wildman–Crippen MR) is 105 cm³/mol. The zero-order chi connectivity index (χ0) is 20.5. The maximum absolute atomic E-state index is 12.7. The fourth-order valence-corrected chi connectivity index (χ4v) is 3.29. The first-order valence-electron chi connectivity index (χ1n) is 9.47. The summed E-state index contributed by atoms with van der Waals surface area (Å²) in [5.41, 5.74) is 0.650. The van der Waals surface area contributed by atoms with E-state index in [1.807, 2.05) is 20.8 Å². The molecule has 2 aliphatic heterocycles. The number of ether oxygens (including phenoxy) is 2. The molecule has 3 amide bonds. The summed E-state index contributed by atoms with van der Waals surface area (Å²) in [6, 6.07) is 5.32. The molecule has 8 heteroatoms. The summed E-state index contributed by atoms with van der Waals surface area (Å²) in [6.45, 7) is 6.40. The van der Waals surface area contributed by atoms with E-state index in [-0.39, 0.29) is 30.4 Å². The molecule has 1 fully saturated rings. The normalized spacial score (nSPS) is 17.6. The zero-order valence-corrected chi connectivity index (χ0v) is 16.8. The van der Waals surface area contributed by atoms with Crippen molar-refractivity contribution in [1.29, 1.82) is 0 Å². The summed E-state index contributed by atoms with van der Waals surface area (Å²) in [4.78, 5) is 39.8. The van der Waals surface area contributed by atoms with Gasteiger partial charge in [-0.05, 0) is 45.7 Å². The van der Waals surface area contributed by atoms with Crippen molar-refractivity contribution in [3.63, 3.8) is 0 Å². The molecule has 0 bridgehead atoms. The Morgan fingerprint density at radius 2 is 1.89 bits per heavy atom. The van der Waals surface area contributed by atoms with Gasteiger partial charge in [0.1, 0.15) is 5.60 Å². The SMILES string of the molecule is CN1C(=O)COc2c(NC(=O)C3CCN(C(=O)OC(C)(C)C)CC3)cccc21. The van der Waals surface area contributed by atoms with Crippen molar-refractivity contribution >= 4 is 29.3 Å². The first-order valence-corrected chi connectivity index (χ1v) is 9.47.